The number of nitrogens with two attached hydrogens (primary N) is 1. The van der Waals surface area contributed by atoms with E-state index >= 15 is 0 Å². The van der Waals surface area contributed by atoms with Crippen molar-refractivity contribution in [1.82, 2.24) is 9.97 Å². The van der Waals surface area contributed by atoms with Crippen LogP contribution in [0.4, 0.5) is 5.82 Å². The molecular weight excluding hydrogens is 332 g/mol. The number of aromatic nitrogens is 2. The molecular formula is C15H15BrN4O. The van der Waals surface area contributed by atoms with E-state index in [0.29, 0.717) is 5.82 Å². The lowest BCUT2D eigenvalue weighted by molar-refractivity contribution is 0.0995. The van der Waals surface area contributed by atoms with Crippen LogP contribution >= 0.6 is 15.9 Å². The topological polar surface area (TPSA) is 72.1 Å². The van der Waals surface area contributed by atoms with Crippen LogP contribution in [0.3, 0.4) is 0 Å². The first-order valence-electron chi connectivity index (χ1n) is 6.80. The van der Waals surface area contributed by atoms with Crippen molar-refractivity contribution in [1.29, 1.82) is 0 Å². The van der Waals surface area contributed by atoms with Crippen molar-refractivity contribution in [3.63, 3.8) is 0 Å². The fourth-order valence-electron chi connectivity index (χ4n) is 2.72. The zero-order valence-corrected chi connectivity index (χ0v) is 13.0. The largest absolute Gasteiger partial charge is 0.364 e. The molecule has 1 aromatic heterocycles. The normalized spacial score (nSPS) is 18.0. The molecule has 0 aliphatic carbocycles. The molecule has 1 aliphatic heterocycles. The molecule has 3 rings (SSSR count). The Morgan fingerprint density at radius 1 is 1.33 bits per heavy atom. The molecule has 0 radical (unpaired) electrons. The van der Waals surface area contributed by atoms with E-state index in [2.05, 4.69) is 36.9 Å². The van der Waals surface area contributed by atoms with Gasteiger partial charge in [-0.25, -0.2) is 4.98 Å². The summed E-state index contributed by atoms with van der Waals surface area (Å²) in [6, 6.07) is 8.41. The summed E-state index contributed by atoms with van der Waals surface area (Å²) >= 11 is 3.61. The van der Waals surface area contributed by atoms with Gasteiger partial charge in [-0.1, -0.05) is 34.1 Å². The third kappa shape index (κ3) is 2.76. The highest BCUT2D eigenvalue weighted by atomic mass is 79.9. The third-order valence-corrected chi connectivity index (χ3v) is 4.41. The standard InChI is InChI=1S/C15H15BrN4O/c16-11-5-2-1-4-10(11)13-6-3-7-20(13)14-9-18-8-12(19-14)15(17)21/h1-2,4-5,8-9,13H,3,6-7H2,(H2,17,21)/t13-/m1/s1. The maximum atomic E-state index is 11.3. The number of halogens is 1. The predicted molar refractivity (Wildman–Crippen MR) is 84.0 cm³/mol. The molecule has 1 fully saturated rings. The van der Waals surface area contributed by atoms with E-state index in [-0.39, 0.29) is 11.7 Å². The van der Waals surface area contributed by atoms with Gasteiger partial charge in [0.1, 0.15) is 11.5 Å². The number of amides is 1. The molecule has 0 bridgehead atoms. The van der Waals surface area contributed by atoms with Crippen molar-refractivity contribution in [2.45, 2.75) is 18.9 Å². The van der Waals surface area contributed by atoms with Crippen LogP contribution < -0.4 is 10.6 Å². The highest BCUT2D eigenvalue weighted by molar-refractivity contribution is 9.10. The molecule has 1 atom stereocenters. The fourth-order valence-corrected chi connectivity index (χ4v) is 3.27. The van der Waals surface area contributed by atoms with Crippen LogP contribution in [0.15, 0.2) is 41.1 Å². The number of hydrogen-bond acceptors (Lipinski definition) is 4. The molecule has 1 amide bonds. The Kier molecular flexibility index (Phi) is 3.88. The van der Waals surface area contributed by atoms with Gasteiger partial charge >= 0.3 is 0 Å². The van der Waals surface area contributed by atoms with Gasteiger partial charge in [-0.3, -0.25) is 9.78 Å². The van der Waals surface area contributed by atoms with Crippen LogP contribution in [-0.2, 0) is 0 Å². The zero-order valence-electron chi connectivity index (χ0n) is 11.4. The Hall–Kier alpha value is -1.95. The number of hydrogen-bond donors (Lipinski definition) is 1. The number of nitrogens with zero attached hydrogens (tertiary/aromatic N) is 3. The van der Waals surface area contributed by atoms with Gasteiger partial charge in [-0.2, -0.15) is 0 Å². The summed E-state index contributed by atoms with van der Waals surface area (Å²) in [4.78, 5) is 21.9. The van der Waals surface area contributed by atoms with Gasteiger partial charge in [0.25, 0.3) is 5.91 Å². The minimum atomic E-state index is -0.555. The maximum Gasteiger partial charge on any atom is 0.268 e. The van der Waals surface area contributed by atoms with E-state index in [1.54, 1.807) is 6.20 Å². The molecule has 108 valence electrons. The first kappa shape index (κ1) is 14.0. The summed E-state index contributed by atoms with van der Waals surface area (Å²) in [5.41, 5.74) is 6.71. The van der Waals surface area contributed by atoms with Crippen LogP contribution in [0, 0.1) is 0 Å². The van der Waals surface area contributed by atoms with Crippen LogP contribution in [0.2, 0.25) is 0 Å². The second-order valence-electron chi connectivity index (χ2n) is 5.00. The number of rotatable bonds is 3. The number of primary amides is 1. The minimum absolute atomic E-state index is 0.199. The second-order valence-corrected chi connectivity index (χ2v) is 5.85. The fraction of sp³-hybridized carbons (Fsp3) is 0.267. The van der Waals surface area contributed by atoms with E-state index in [1.807, 2.05) is 18.2 Å². The predicted octanol–water partition coefficient (Wildman–Crippen LogP) is 2.68. The SMILES string of the molecule is NC(=O)c1cncc(N2CCC[C@@H]2c2ccccc2Br)n1. The van der Waals surface area contributed by atoms with Crippen molar-refractivity contribution in [2.24, 2.45) is 5.73 Å². The van der Waals surface area contributed by atoms with Gasteiger partial charge in [0.15, 0.2) is 0 Å². The van der Waals surface area contributed by atoms with Crippen LogP contribution in [0.25, 0.3) is 0 Å². The number of benzene rings is 1. The maximum absolute atomic E-state index is 11.3. The van der Waals surface area contributed by atoms with Gasteiger partial charge in [-0.05, 0) is 24.5 Å². The Labute approximate surface area is 131 Å². The molecule has 6 heteroatoms. The molecule has 2 N–H and O–H groups in total. The van der Waals surface area contributed by atoms with Crippen LogP contribution in [0.1, 0.15) is 34.9 Å². The summed E-state index contributed by atoms with van der Waals surface area (Å²) in [6.45, 7) is 0.892. The van der Waals surface area contributed by atoms with E-state index < -0.39 is 5.91 Å². The van der Waals surface area contributed by atoms with E-state index in [0.717, 1.165) is 23.9 Å². The molecule has 1 aromatic carbocycles. The Bertz CT molecular complexity index is 676. The molecule has 1 saturated heterocycles. The van der Waals surface area contributed by atoms with Crippen molar-refractivity contribution >= 4 is 27.7 Å². The first-order chi connectivity index (χ1) is 10.2. The van der Waals surface area contributed by atoms with E-state index in [9.17, 15) is 4.79 Å². The molecule has 21 heavy (non-hydrogen) atoms. The summed E-state index contributed by atoms with van der Waals surface area (Å²) in [7, 11) is 0. The highest BCUT2D eigenvalue weighted by Crippen LogP contribution is 2.37. The van der Waals surface area contributed by atoms with Gasteiger partial charge < -0.3 is 10.6 Å². The minimum Gasteiger partial charge on any atom is -0.364 e. The van der Waals surface area contributed by atoms with Gasteiger partial charge in [-0.15, -0.1) is 0 Å². The second kappa shape index (κ2) is 5.81. The number of carbonyl (C=O) groups excluding carboxylic acids is 1. The van der Waals surface area contributed by atoms with Crippen LogP contribution in [-0.4, -0.2) is 22.4 Å². The lowest BCUT2D eigenvalue weighted by Crippen LogP contribution is -2.25. The van der Waals surface area contributed by atoms with Gasteiger partial charge in [0.2, 0.25) is 0 Å². The van der Waals surface area contributed by atoms with Crippen molar-refractivity contribution in [3.05, 3.63) is 52.4 Å². The highest BCUT2D eigenvalue weighted by Gasteiger charge is 2.28. The summed E-state index contributed by atoms with van der Waals surface area (Å²) < 4.78 is 1.08. The van der Waals surface area contributed by atoms with Crippen molar-refractivity contribution in [2.75, 3.05) is 11.4 Å². The van der Waals surface area contributed by atoms with Crippen LogP contribution in [0.5, 0.6) is 0 Å². The third-order valence-electron chi connectivity index (χ3n) is 3.69. The van der Waals surface area contributed by atoms with Crippen molar-refractivity contribution in [3.8, 4) is 0 Å². The summed E-state index contributed by atoms with van der Waals surface area (Å²) in [5, 5.41) is 0. The lowest BCUT2D eigenvalue weighted by Gasteiger charge is -2.26. The molecule has 0 spiro atoms. The summed E-state index contributed by atoms with van der Waals surface area (Å²) in [5.74, 6) is 0.144. The smallest absolute Gasteiger partial charge is 0.268 e. The number of carbonyl (C=O) groups is 1. The quantitative estimate of drug-likeness (QED) is 0.927. The van der Waals surface area contributed by atoms with E-state index in [1.165, 1.54) is 11.8 Å². The summed E-state index contributed by atoms with van der Waals surface area (Å²) in [6.07, 6.45) is 5.20. The Morgan fingerprint density at radius 2 is 2.14 bits per heavy atom. The average Bonchev–Trinajstić information content (AvgIpc) is 2.97. The van der Waals surface area contributed by atoms with Crippen molar-refractivity contribution < 1.29 is 4.79 Å². The Balaban J connectivity index is 1.96. The first-order valence-corrected chi connectivity index (χ1v) is 7.59. The Morgan fingerprint density at radius 3 is 2.90 bits per heavy atom. The molecule has 1 aliphatic rings. The van der Waals surface area contributed by atoms with Gasteiger partial charge in [0, 0.05) is 11.0 Å². The molecule has 0 unspecified atom stereocenters. The molecule has 2 aromatic rings. The molecule has 2 heterocycles. The lowest BCUT2D eigenvalue weighted by atomic mass is 10.0. The number of anilines is 1. The zero-order chi connectivity index (χ0) is 14.8. The molecule has 0 saturated carbocycles. The monoisotopic (exact) mass is 346 g/mol. The van der Waals surface area contributed by atoms with Gasteiger partial charge in [0.05, 0.1) is 18.4 Å². The molecule has 5 nitrogen and oxygen atoms in total. The van der Waals surface area contributed by atoms with E-state index in [4.69, 9.17) is 5.73 Å². The average molecular weight is 347 g/mol.